The number of carbonyl (C=O) groups excluding carboxylic acids is 1. The van der Waals surface area contributed by atoms with Crippen LogP contribution in [0.25, 0.3) is 0 Å². The van der Waals surface area contributed by atoms with Crippen LogP contribution in [0.1, 0.15) is 12.8 Å². The van der Waals surface area contributed by atoms with E-state index < -0.39 is 12.0 Å². The summed E-state index contributed by atoms with van der Waals surface area (Å²) in [6.45, 7) is 0. The predicted molar refractivity (Wildman–Crippen MR) is 57.9 cm³/mol. The van der Waals surface area contributed by atoms with Crippen LogP contribution in [-0.2, 0) is 9.59 Å². The molecule has 1 fully saturated rings. The molecule has 82 valence electrons. The Bertz CT molecular complexity index is 219. The van der Waals surface area contributed by atoms with Crippen molar-refractivity contribution in [2.75, 3.05) is 11.5 Å². The van der Waals surface area contributed by atoms with E-state index in [0.29, 0.717) is 0 Å². The number of carbonyl (C=O) groups is 2. The monoisotopic (exact) mass is 239 g/mol. The third kappa shape index (κ3) is 3.86. The van der Waals surface area contributed by atoms with Crippen LogP contribution >= 0.6 is 24.2 Å². The largest absolute Gasteiger partial charge is 0.480 e. The van der Waals surface area contributed by atoms with Gasteiger partial charge in [0.15, 0.2) is 0 Å². The van der Waals surface area contributed by atoms with E-state index in [1.165, 1.54) is 0 Å². The summed E-state index contributed by atoms with van der Waals surface area (Å²) in [5, 5.41) is 8.49. The minimum atomic E-state index is -1.10. The lowest BCUT2D eigenvalue weighted by Crippen LogP contribution is -2.34. The van der Waals surface area contributed by atoms with E-state index >= 15 is 0 Å². The molecule has 0 saturated carbocycles. The van der Waals surface area contributed by atoms with Crippen molar-refractivity contribution in [2.45, 2.75) is 18.9 Å². The number of carboxylic acid groups (broad SMARTS) is 1. The van der Waals surface area contributed by atoms with E-state index in [1.54, 1.807) is 11.8 Å². The zero-order valence-electron chi connectivity index (χ0n) is 7.64. The number of Topliss-reactive ketones (excluding diaryl/α,β-unsaturated/α-hetero) is 1. The molecular formula is C8H14ClNO3S. The molecule has 4 nitrogen and oxygen atoms in total. The Morgan fingerprint density at radius 1 is 1.57 bits per heavy atom. The minimum Gasteiger partial charge on any atom is -0.480 e. The Morgan fingerprint density at radius 2 is 2.21 bits per heavy atom. The van der Waals surface area contributed by atoms with Gasteiger partial charge in [-0.15, -0.1) is 12.4 Å². The number of halogens is 1. The second-order valence-corrected chi connectivity index (χ2v) is 4.33. The Balaban J connectivity index is 0.00000169. The zero-order valence-corrected chi connectivity index (χ0v) is 9.27. The van der Waals surface area contributed by atoms with Crippen molar-refractivity contribution in [3.05, 3.63) is 0 Å². The number of hydrogen-bond donors (Lipinski definition) is 2. The number of aliphatic carboxylic acids is 1. The van der Waals surface area contributed by atoms with Crippen LogP contribution in [0.3, 0.4) is 0 Å². The van der Waals surface area contributed by atoms with Gasteiger partial charge in [-0.1, -0.05) is 0 Å². The maximum Gasteiger partial charge on any atom is 0.320 e. The topological polar surface area (TPSA) is 80.4 Å². The molecule has 0 amide bonds. The first-order chi connectivity index (χ1) is 6.11. The first-order valence-corrected chi connectivity index (χ1v) is 5.35. The molecule has 0 aliphatic carbocycles. The highest BCUT2D eigenvalue weighted by molar-refractivity contribution is 7.99. The summed E-state index contributed by atoms with van der Waals surface area (Å²) in [4.78, 5) is 21.8. The summed E-state index contributed by atoms with van der Waals surface area (Å²) in [6, 6.07) is -1.03. The zero-order chi connectivity index (χ0) is 9.84. The third-order valence-corrected chi connectivity index (χ3v) is 3.29. The fourth-order valence-electron chi connectivity index (χ4n) is 1.26. The van der Waals surface area contributed by atoms with Crippen LogP contribution in [0, 0.1) is 5.92 Å². The van der Waals surface area contributed by atoms with Gasteiger partial charge in [-0.05, 0) is 12.2 Å². The number of nitrogens with two attached hydrogens (primary N) is 1. The van der Waals surface area contributed by atoms with Crippen LogP contribution in [0.15, 0.2) is 0 Å². The van der Waals surface area contributed by atoms with Crippen molar-refractivity contribution in [3.63, 3.8) is 0 Å². The smallest absolute Gasteiger partial charge is 0.320 e. The van der Waals surface area contributed by atoms with Gasteiger partial charge in [0.1, 0.15) is 11.8 Å². The molecule has 1 aliphatic heterocycles. The summed E-state index contributed by atoms with van der Waals surface area (Å²) in [5.74, 6) is 0.762. The van der Waals surface area contributed by atoms with Crippen molar-refractivity contribution in [2.24, 2.45) is 11.7 Å². The fourth-order valence-corrected chi connectivity index (χ4v) is 2.51. The molecule has 2 unspecified atom stereocenters. The number of ketones is 1. The van der Waals surface area contributed by atoms with E-state index in [2.05, 4.69) is 0 Å². The summed E-state index contributed by atoms with van der Waals surface area (Å²) in [6.07, 6.45) is 0.844. The maximum absolute atomic E-state index is 11.4. The number of rotatable bonds is 4. The lowest BCUT2D eigenvalue weighted by Gasteiger charge is -2.09. The molecule has 0 aromatic carbocycles. The Labute approximate surface area is 93.0 Å². The number of carboxylic acids is 1. The van der Waals surface area contributed by atoms with Crippen LogP contribution in [0.4, 0.5) is 0 Å². The molecule has 1 rings (SSSR count). The van der Waals surface area contributed by atoms with Crippen molar-refractivity contribution in [3.8, 4) is 0 Å². The molecule has 0 aromatic rings. The van der Waals surface area contributed by atoms with E-state index in [0.717, 1.165) is 17.9 Å². The molecule has 3 N–H and O–H groups in total. The van der Waals surface area contributed by atoms with Gasteiger partial charge in [-0.2, -0.15) is 11.8 Å². The summed E-state index contributed by atoms with van der Waals surface area (Å²) >= 11 is 1.74. The lowest BCUT2D eigenvalue weighted by molar-refractivity contribution is -0.140. The van der Waals surface area contributed by atoms with E-state index in [1.807, 2.05) is 0 Å². The standard InChI is InChI=1S/C8H13NO3S.ClH/c9-6(8(11)12)3-7(10)5-1-2-13-4-5;/h5-6H,1-4,9H2,(H,11,12);1H. The van der Waals surface area contributed by atoms with Crippen molar-refractivity contribution in [1.82, 2.24) is 0 Å². The molecule has 0 radical (unpaired) electrons. The van der Waals surface area contributed by atoms with E-state index in [9.17, 15) is 9.59 Å². The number of thioether (sulfide) groups is 1. The Hall–Kier alpha value is -0.260. The van der Waals surface area contributed by atoms with Gasteiger partial charge in [0.2, 0.25) is 0 Å². The lowest BCUT2D eigenvalue weighted by atomic mass is 9.98. The van der Waals surface area contributed by atoms with Crippen molar-refractivity contribution >= 4 is 35.9 Å². The molecule has 1 aliphatic rings. The predicted octanol–water partition coefficient (Wildman–Crippen LogP) is 0.532. The highest BCUT2D eigenvalue weighted by Gasteiger charge is 2.26. The van der Waals surface area contributed by atoms with Crippen molar-refractivity contribution in [1.29, 1.82) is 0 Å². The van der Waals surface area contributed by atoms with Gasteiger partial charge in [-0.25, -0.2) is 0 Å². The molecule has 1 saturated heterocycles. The molecular weight excluding hydrogens is 226 g/mol. The van der Waals surface area contributed by atoms with Crippen molar-refractivity contribution < 1.29 is 14.7 Å². The van der Waals surface area contributed by atoms with Crippen LogP contribution in [-0.4, -0.2) is 34.4 Å². The highest BCUT2D eigenvalue weighted by Crippen LogP contribution is 2.25. The van der Waals surface area contributed by atoms with Gasteiger partial charge in [0, 0.05) is 18.1 Å². The van der Waals surface area contributed by atoms with Gasteiger partial charge < -0.3 is 10.8 Å². The van der Waals surface area contributed by atoms with Crippen LogP contribution in [0.5, 0.6) is 0 Å². The quantitative estimate of drug-likeness (QED) is 0.748. The molecule has 0 aromatic heterocycles. The maximum atomic E-state index is 11.4. The summed E-state index contributed by atoms with van der Waals surface area (Å²) < 4.78 is 0. The first-order valence-electron chi connectivity index (χ1n) is 4.20. The SMILES string of the molecule is Cl.NC(CC(=O)C1CCSC1)C(=O)O. The van der Waals surface area contributed by atoms with Gasteiger partial charge in [0.05, 0.1) is 0 Å². The van der Waals surface area contributed by atoms with Gasteiger partial charge in [-0.3, -0.25) is 9.59 Å². The molecule has 6 heteroatoms. The molecule has 0 spiro atoms. The van der Waals surface area contributed by atoms with E-state index in [-0.39, 0.29) is 30.5 Å². The Kier molecular flexibility index (Phi) is 6.15. The van der Waals surface area contributed by atoms with E-state index in [4.69, 9.17) is 10.8 Å². The Morgan fingerprint density at radius 3 is 2.64 bits per heavy atom. The molecule has 1 heterocycles. The average Bonchev–Trinajstić information content (AvgIpc) is 2.55. The fraction of sp³-hybridized carbons (Fsp3) is 0.750. The van der Waals surface area contributed by atoms with Crippen LogP contribution < -0.4 is 5.73 Å². The summed E-state index contributed by atoms with van der Waals surface area (Å²) in [7, 11) is 0. The van der Waals surface area contributed by atoms with Crippen LogP contribution in [0.2, 0.25) is 0 Å². The average molecular weight is 240 g/mol. The third-order valence-electron chi connectivity index (χ3n) is 2.12. The minimum absolute atomic E-state index is 0. The number of hydrogen-bond acceptors (Lipinski definition) is 4. The molecule has 14 heavy (non-hydrogen) atoms. The normalized spacial score (nSPS) is 22.5. The highest BCUT2D eigenvalue weighted by atomic mass is 35.5. The second-order valence-electron chi connectivity index (χ2n) is 3.18. The molecule has 0 bridgehead atoms. The second kappa shape index (κ2) is 6.27. The summed E-state index contributed by atoms with van der Waals surface area (Å²) in [5.41, 5.74) is 5.26. The first kappa shape index (κ1) is 13.7. The van der Waals surface area contributed by atoms with Gasteiger partial charge in [0.25, 0.3) is 0 Å². The molecule has 2 atom stereocenters. The van der Waals surface area contributed by atoms with Gasteiger partial charge >= 0.3 is 5.97 Å².